The molecule has 1 aromatic carbocycles. The number of carboxylic acid groups (broad SMARTS) is 1. The van der Waals surface area contributed by atoms with E-state index in [9.17, 15) is 18.0 Å². The first-order chi connectivity index (χ1) is 15.6. The van der Waals surface area contributed by atoms with E-state index in [0.717, 1.165) is 42.2 Å². The van der Waals surface area contributed by atoms with Gasteiger partial charge in [-0.3, -0.25) is 9.69 Å². The number of hydrogen-bond donors (Lipinski definition) is 1. The molecule has 1 saturated carbocycles. The smallest absolute Gasteiger partial charge is 0.324 e. The Morgan fingerprint density at radius 2 is 1.73 bits per heavy atom. The summed E-state index contributed by atoms with van der Waals surface area (Å²) in [5, 5.41) is 9.11. The van der Waals surface area contributed by atoms with Crippen LogP contribution >= 0.6 is 0 Å². The summed E-state index contributed by atoms with van der Waals surface area (Å²) in [4.78, 5) is 30.5. The molecule has 182 valence electrons. The Morgan fingerprint density at radius 1 is 1.06 bits per heavy atom. The molecule has 33 heavy (non-hydrogen) atoms. The number of anilines is 1. The molecular weight excluding hydrogens is 444 g/mol. The molecule has 0 aromatic heterocycles. The Hall–Kier alpha value is -2.17. The largest absolute Gasteiger partial charge is 0.480 e. The van der Waals surface area contributed by atoms with Crippen molar-refractivity contribution >= 4 is 27.7 Å². The van der Waals surface area contributed by atoms with Crippen molar-refractivity contribution in [2.24, 2.45) is 0 Å². The number of rotatable bonds is 6. The number of amides is 2. The van der Waals surface area contributed by atoms with Gasteiger partial charge in [-0.25, -0.2) is 13.2 Å². The van der Waals surface area contributed by atoms with Crippen LogP contribution in [0.25, 0.3) is 0 Å². The molecular formula is C23H34N4O5S. The zero-order valence-electron chi connectivity index (χ0n) is 19.4. The lowest BCUT2D eigenvalue weighted by Gasteiger charge is -2.37. The molecule has 9 nitrogen and oxygen atoms in total. The standard InChI is InChI=1S/C23H34N4O5S/c1-24-11-9-17-3-4-21(15-18(17)10-12-24)26-14-13-25(23(26)30)19-5-7-20(8-6-19)27(16-22(28)29)33(2,31)32/h3-4,15,19-20H,5-14,16H2,1-2H3,(H,28,29). The number of carbonyl (C=O) groups excluding carboxylic acids is 1. The van der Waals surface area contributed by atoms with Crippen LogP contribution in [0, 0.1) is 0 Å². The number of benzene rings is 1. The van der Waals surface area contributed by atoms with Crippen molar-refractivity contribution in [2.45, 2.75) is 50.6 Å². The molecule has 1 aromatic rings. The number of carboxylic acids is 1. The molecule has 1 N–H and O–H groups in total. The highest BCUT2D eigenvalue weighted by Crippen LogP contribution is 2.32. The molecule has 2 fully saturated rings. The number of hydrogen-bond acceptors (Lipinski definition) is 5. The summed E-state index contributed by atoms with van der Waals surface area (Å²) in [5.74, 6) is -1.15. The Bertz CT molecular complexity index is 1010. The van der Waals surface area contributed by atoms with Crippen LogP contribution in [-0.4, -0.2) is 97.7 Å². The molecule has 0 spiro atoms. The maximum absolute atomic E-state index is 13.3. The van der Waals surface area contributed by atoms with Crippen LogP contribution in [0.15, 0.2) is 18.2 Å². The highest BCUT2D eigenvalue weighted by Gasteiger charge is 2.39. The van der Waals surface area contributed by atoms with Crippen molar-refractivity contribution in [3.05, 3.63) is 29.3 Å². The fourth-order valence-corrected chi connectivity index (χ4v) is 6.53. The summed E-state index contributed by atoms with van der Waals surface area (Å²) >= 11 is 0. The van der Waals surface area contributed by atoms with Crippen LogP contribution < -0.4 is 4.90 Å². The summed E-state index contributed by atoms with van der Waals surface area (Å²) in [7, 11) is -1.47. The highest BCUT2D eigenvalue weighted by atomic mass is 32.2. The van der Waals surface area contributed by atoms with Gasteiger partial charge in [0, 0.05) is 44.0 Å². The number of sulfonamides is 1. The zero-order chi connectivity index (χ0) is 23.8. The number of nitrogens with zero attached hydrogens (tertiary/aromatic N) is 4. The molecule has 2 heterocycles. The van der Waals surface area contributed by atoms with Gasteiger partial charge in [-0.05, 0) is 68.8 Å². The molecule has 1 saturated heterocycles. The summed E-state index contributed by atoms with van der Waals surface area (Å²) in [6.07, 6.45) is 5.54. The Kier molecular flexibility index (Phi) is 6.97. The van der Waals surface area contributed by atoms with E-state index in [1.807, 2.05) is 9.80 Å². The average molecular weight is 479 g/mol. The molecule has 2 aliphatic heterocycles. The van der Waals surface area contributed by atoms with Crippen LogP contribution in [-0.2, 0) is 27.7 Å². The Labute approximate surface area is 196 Å². The van der Waals surface area contributed by atoms with Crippen LogP contribution in [0.4, 0.5) is 10.5 Å². The third-order valence-corrected chi connectivity index (χ3v) is 8.58. The first-order valence-corrected chi connectivity index (χ1v) is 13.6. The van der Waals surface area contributed by atoms with Crippen LogP contribution in [0.5, 0.6) is 0 Å². The predicted octanol–water partition coefficient (Wildman–Crippen LogP) is 1.62. The van der Waals surface area contributed by atoms with Gasteiger partial charge >= 0.3 is 12.0 Å². The van der Waals surface area contributed by atoms with Gasteiger partial charge in [0.25, 0.3) is 0 Å². The summed E-state index contributed by atoms with van der Waals surface area (Å²) < 4.78 is 25.3. The van der Waals surface area contributed by atoms with E-state index < -0.39 is 22.5 Å². The predicted molar refractivity (Wildman–Crippen MR) is 126 cm³/mol. The van der Waals surface area contributed by atoms with Crippen molar-refractivity contribution in [3.8, 4) is 0 Å². The molecule has 0 unspecified atom stereocenters. The topological polar surface area (TPSA) is 101 Å². The second-order valence-corrected chi connectivity index (χ2v) is 11.5. The van der Waals surface area contributed by atoms with E-state index in [-0.39, 0.29) is 18.1 Å². The van der Waals surface area contributed by atoms with E-state index in [0.29, 0.717) is 38.8 Å². The van der Waals surface area contributed by atoms with Crippen LogP contribution in [0.1, 0.15) is 36.8 Å². The average Bonchev–Trinajstić information content (AvgIpc) is 3.04. The molecule has 2 amide bonds. The molecule has 0 bridgehead atoms. The van der Waals surface area contributed by atoms with Gasteiger partial charge in [0.05, 0.1) is 6.26 Å². The van der Waals surface area contributed by atoms with Crippen LogP contribution in [0.2, 0.25) is 0 Å². The van der Waals surface area contributed by atoms with E-state index in [1.165, 1.54) is 11.1 Å². The van der Waals surface area contributed by atoms with Gasteiger partial charge in [-0.2, -0.15) is 4.31 Å². The minimum atomic E-state index is -3.60. The van der Waals surface area contributed by atoms with Crippen molar-refractivity contribution in [2.75, 3.05) is 50.9 Å². The summed E-state index contributed by atoms with van der Waals surface area (Å²) in [6, 6.07) is 6.12. The minimum absolute atomic E-state index is 0.00893. The Morgan fingerprint density at radius 3 is 2.36 bits per heavy atom. The first-order valence-electron chi connectivity index (χ1n) is 11.7. The van der Waals surface area contributed by atoms with E-state index in [2.05, 4.69) is 30.1 Å². The lowest BCUT2D eigenvalue weighted by molar-refractivity contribution is -0.137. The van der Waals surface area contributed by atoms with Gasteiger partial charge in [0.2, 0.25) is 10.0 Å². The number of urea groups is 1. The summed E-state index contributed by atoms with van der Waals surface area (Å²) in [5.41, 5.74) is 3.63. The molecule has 10 heteroatoms. The quantitative estimate of drug-likeness (QED) is 0.667. The Balaban J connectivity index is 1.40. The van der Waals surface area contributed by atoms with Gasteiger partial charge in [-0.1, -0.05) is 6.07 Å². The van der Waals surface area contributed by atoms with Gasteiger partial charge in [0.1, 0.15) is 6.54 Å². The molecule has 3 aliphatic rings. The third-order valence-electron chi connectivity index (χ3n) is 7.30. The third kappa shape index (κ3) is 5.33. The van der Waals surface area contributed by atoms with Gasteiger partial charge < -0.3 is 14.9 Å². The SMILES string of the molecule is CN1CCc2ccc(N3CCN(C4CCC(N(CC(=O)O)S(C)(=O)=O)CC4)C3=O)cc2CC1. The minimum Gasteiger partial charge on any atom is -0.480 e. The monoisotopic (exact) mass is 478 g/mol. The fraction of sp³-hybridized carbons (Fsp3) is 0.652. The van der Waals surface area contributed by atoms with E-state index in [1.54, 1.807) is 0 Å². The zero-order valence-corrected chi connectivity index (χ0v) is 20.3. The summed E-state index contributed by atoms with van der Waals surface area (Å²) in [6.45, 7) is 2.85. The maximum atomic E-state index is 13.3. The number of aliphatic carboxylic acids is 1. The fourth-order valence-electron chi connectivity index (χ4n) is 5.43. The lowest BCUT2D eigenvalue weighted by Crippen LogP contribution is -2.48. The number of fused-ring (bicyclic) bond motifs is 1. The molecule has 1 aliphatic carbocycles. The van der Waals surface area contributed by atoms with Crippen molar-refractivity contribution < 1.29 is 23.1 Å². The normalized spacial score (nSPS) is 24.8. The van der Waals surface area contributed by atoms with E-state index in [4.69, 9.17) is 5.11 Å². The maximum Gasteiger partial charge on any atom is 0.324 e. The lowest BCUT2D eigenvalue weighted by atomic mass is 9.90. The molecule has 4 rings (SSSR count). The van der Waals surface area contributed by atoms with Gasteiger partial charge in [0.15, 0.2) is 0 Å². The van der Waals surface area contributed by atoms with Crippen molar-refractivity contribution in [1.82, 2.24) is 14.1 Å². The highest BCUT2D eigenvalue weighted by molar-refractivity contribution is 7.88. The van der Waals surface area contributed by atoms with Gasteiger partial charge in [-0.15, -0.1) is 0 Å². The van der Waals surface area contributed by atoms with Crippen LogP contribution in [0.3, 0.4) is 0 Å². The number of carbonyl (C=O) groups is 2. The number of likely N-dealkylation sites (N-methyl/N-ethyl adjacent to an activating group) is 1. The second kappa shape index (κ2) is 9.60. The van der Waals surface area contributed by atoms with E-state index >= 15 is 0 Å². The molecule has 0 radical (unpaired) electrons. The first kappa shape index (κ1) is 24.0. The van der Waals surface area contributed by atoms with Crippen molar-refractivity contribution in [3.63, 3.8) is 0 Å². The molecule has 0 atom stereocenters. The van der Waals surface area contributed by atoms with Crippen molar-refractivity contribution in [1.29, 1.82) is 0 Å². The second-order valence-electron chi connectivity index (χ2n) is 9.55.